The second-order valence-electron chi connectivity index (χ2n) is 17.1. The van der Waals surface area contributed by atoms with Crippen LogP contribution in [0, 0.1) is 0 Å². The summed E-state index contributed by atoms with van der Waals surface area (Å²) in [5, 5.41) is 0. The fourth-order valence-corrected chi connectivity index (χ4v) is 7.36. The van der Waals surface area contributed by atoms with Gasteiger partial charge < -0.3 is 14.2 Å². The Morgan fingerprint density at radius 3 is 0.966 bits per heavy atom. The van der Waals surface area contributed by atoms with Gasteiger partial charge in [0.25, 0.3) is 0 Å². The lowest BCUT2D eigenvalue weighted by molar-refractivity contribution is -0.167. The van der Waals surface area contributed by atoms with Gasteiger partial charge in [-0.05, 0) is 38.5 Å². The summed E-state index contributed by atoms with van der Waals surface area (Å²) in [6, 6.07) is 0. The number of carbonyl (C=O) groups excluding carboxylic acids is 3. The molecule has 0 aromatic heterocycles. The zero-order valence-corrected chi connectivity index (χ0v) is 38.8. The monoisotopic (exact) mass is 817 g/mol. The van der Waals surface area contributed by atoms with Gasteiger partial charge in [0.15, 0.2) is 6.10 Å². The van der Waals surface area contributed by atoms with Crippen LogP contribution in [0.25, 0.3) is 0 Å². The Bertz CT molecular complexity index is 942. The average Bonchev–Trinajstić information content (AvgIpc) is 3.22. The van der Waals surface area contributed by atoms with Crippen LogP contribution >= 0.6 is 0 Å². The molecular formula is C52H96O6. The van der Waals surface area contributed by atoms with Crippen LogP contribution in [0.4, 0.5) is 0 Å². The summed E-state index contributed by atoms with van der Waals surface area (Å²) in [5.41, 5.74) is 0. The number of hydrogen-bond donors (Lipinski definition) is 0. The highest BCUT2D eigenvalue weighted by Crippen LogP contribution is 2.16. The smallest absolute Gasteiger partial charge is 0.306 e. The van der Waals surface area contributed by atoms with Gasteiger partial charge in [-0.15, -0.1) is 0 Å². The highest BCUT2D eigenvalue weighted by molar-refractivity contribution is 5.71. The molecule has 0 N–H and O–H groups in total. The number of ether oxygens (including phenoxy) is 3. The van der Waals surface area contributed by atoms with E-state index in [2.05, 4.69) is 45.1 Å². The minimum Gasteiger partial charge on any atom is -0.462 e. The van der Waals surface area contributed by atoms with Crippen molar-refractivity contribution in [2.75, 3.05) is 13.2 Å². The zero-order valence-electron chi connectivity index (χ0n) is 38.8. The highest BCUT2D eigenvalue weighted by Gasteiger charge is 2.19. The fourth-order valence-electron chi connectivity index (χ4n) is 7.36. The van der Waals surface area contributed by atoms with E-state index in [0.717, 1.165) is 70.6 Å². The minimum atomic E-state index is -0.774. The first-order valence-corrected chi connectivity index (χ1v) is 25.4. The Labute approximate surface area is 360 Å². The van der Waals surface area contributed by atoms with Gasteiger partial charge in [0, 0.05) is 19.3 Å². The Morgan fingerprint density at radius 2 is 0.621 bits per heavy atom. The Balaban J connectivity index is 4.33. The molecule has 1 unspecified atom stereocenters. The normalized spacial score (nSPS) is 12.1. The van der Waals surface area contributed by atoms with Crippen LogP contribution in [0.5, 0.6) is 0 Å². The maximum atomic E-state index is 12.8. The van der Waals surface area contributed by atoms with Gasteiger partial charge in [0.1, 0.15) is 13.2 Å². The Morgan fingerprint density at radius 1 is 0.345 bits per heavy atom. The second kappa shape index (κ2) is 47.6. The molecule has 0 radical (unpaired) electrons. The molecule has 58 heavy (non-hydrogen) atoms. The van der Waals surface area contributed by atoms with Crippen LogP contribution in [-0.2, 0) is 28.6 Å². The van der Waals surface area contributed by atoms with Crippen molar-refractivity contribution in [3.63, 3.8) is 0 Å². The van der Waals surface area contributed by atoms with Gasteiger partial charge in [0.2, 0.25) is 0 Å². The van der Waals surface area contributed by atoms with Crippen LogP contribution < -0.4 is 0 Å². The van der Waals surface area contributed by atoms with Crippen LogP contribution in [0.2, 0.25) is 0 Å². The molecule has 0 bridgehead atoms. The van der Waals surface area contributed by atoms with Crippen molar-refractivity contribution in [1.29, 1.82) is 0 Å². The summed E-state index contributed by atoms with van der Waals surface area (Å²) < 4.78 is 16.8. The molecule has 0 aromatic rings. The Kier molecular flexibility index (Phi) is 45.8. The summed E-state index contributed by atoms with van der Waals surface area (Å²) in [4.78, 5) is 37.9. The van der Waals surface area contributed by atoms with Crippen LogP contribution in [0.1, 0.15) is 271 Å². The first-order chi connectivity index (χ1) is 28.5. The van der Waals surface area contributed by atoms with Crippen molar-refractivity contribution in [2.24, 2.45) is 0 Å². The molecule has 0 aromatic carbocycles. The van der Waals surface area contributed by atoms with E-state index < -0.39 is 6.10 Å². The molecule has 0 amide bonds. The number of allylic oxidation sites excluding steroid dienone is 4. The van der Waals surface area contributed by atoms with Gasteiger partial charge >= 0.3 is 17.9 Å². The van der Waals surface area contributed by atoms with Crippen molar-refractivity contribution in [1.82, 2.24) is 0 Å². The number of esters is 3. The van der Waals surface area contributed by atoms with E-state index in [9.17, 15) is 14.4 Å². The van der Waals surface area contributed by atoms with Gasteiger partial charge in [0.05, 0.1) is 0 Å². The van der Waals surface area contributed by atoms with Crippen LogP contribution in [0.15, 0.2) is 24.3 Å². The molecule has 340 valence electrons. The largest absolute Gasteiger partial charge is 0.462 e. The topological polar surface area (TPSA) is 78.9 Å². The van der Waals surface area contributed by atoms with Crippen molar-refractivity contribution in [2.45, 2.75) is 277 Å². The summed E-state index contributed by atoms with van der Waals surface area (Å²) in [6.07, 6.45) is 53.0. The maximum absolute atomic E-state index is 12.8. The first-order valence-electron chi connectivity index (χ1n) is 25.4. The van der Waals surface area contributed by atoms with Gasteiger partial charge in [-0.3, -0.25) is 14.4 Å². The third-order valence-corrected chi connectivity index (χ3v) is 11.2. The summed E-state index contributed by atoms with van der Waals surface area (Å²) >= 11 is 0. The number of rotatable bonds is 46. The third-order valence-electron chi connectivity index (χ3n) is 11.2. The van der Waals surface area contributed by atoms with E-state index in [1.807, 2.05) is 0 Å². The standard InChI is InChI=1S/C52H96O6/c1-4-7-10-13-16-19-22-24-25-26-28-30-33-36-39-42-45-51(54)57-48-49(47-56-50(53)44-41-38-35-32-29-21-18-15-12-9-6-3)58-52(55)46-43-40-37-34-31-27-23-20-17-14-11-8-5-2/h15,18,21,29,49H,4-14,16-17,19-20,22-28,30-48H2,1-3H3/b18-15-,29-21-. The molecule has 0 spiro atoms. The molecule has 1 atom stereocenters. The van der Waals surface area contributed by atoms with Crippen LogP contribution in [0.3, 0.4) is 0 Å². The van der Waals surface area contributed by atoms with Crippen molar-refractivity contribution >= 4 is 17.9 Å². The second-order valence-corrected chi connectivity index (χ2v) is 17.1. The lowest BCUT2D eigenvalue weighted by Crippen LogP contribution is -2.30. The van der Waals surface area contributed by atoms with Crippen molar-refractivity contribution in [3.05, 3.63) is 24.3 Å². The number of carbonyl (C=O) groups is 3. The highest BCUT2D eigenvalue weighted by atomic mass is 16.6. The summed E-state index contributed by atoms with van der Waals surface area (Å²) in [6.45, 7) is 6.59. The average molecular weight is 817 g/mol. The third kappa shape index (κ3) is 45.0. The Hall–Kier alpha value is -2.11. The summed E-state index contributed by atoms with van der Waals surface area (Å²) in [5.74, 6) is -0.891. The van der Waals surface area contributed by atoms with Crippen molar-refractivity contribution < 1.29 is 28.6 Å². The molecule has 0 aliphatic carbocycles. The van der Waals surface area contributed by atoms with Crippen molar-refractivity contribution in [3.8, 4) is 0 Å². The lowest BCUT2D eigenvalue weighted by atomic mass is 10.0. The van der Waals surface area contributed by atoms with E-state index >= 15 is 0 Å². The molecular weight excluding hydrogens is 721 g/mol. The van der Waals surface area contributed by atoms with E-state index in [1.54, 1.807) is 0 Å². The molecule has 0 saturated carbocycles. The predicted octanol–water partition coefficient (Wildman–Crippen LogP) is 16.4. The maximum Gasteiger partial charge on any atom is 0.306 e. The molecule has 0 heterocycles. The molecule has 0 aliphatic heterocycles. The molecule has 0 rings (SSSR count). The minimum absolute atomic E-state index is 0.0749. The quantitative estimate of drug-likeness (QED) is 0.0263. The molecule has 0 fully saturated rings. The summed E-state index contributed by atoms with van der Waals surface area (Å²) in [7, 11) is 0. The predicted molar refractivity (Wildman–Crippen MR) is 247 cm³/mol. The molecule has 0 aliphatic rings. The van der Waals surface area contributed by atoms with Gasteiger partial charge in [-0.1, -0.05) is 238 Å². The van der Waals surface area contributed by atoms with E-state index in [0.29, 0.717) is 19.3 Å². The lowest BCUT2D eigenvalue weighted by Gasteiger charge is -2.18. The SMILES string of the molecule is CCCC/C=C\C=C/CCCCCC(=O)OCC(COC(=O)CCCCCCCCCCCCCCCCCC)OC(=O)CCCCCCCCCCCCCCC. The van der Waals surface area contributed by atoms with E-state index in [1.165, 1.54) is 161 Å². The van der Waals surface area contributed by atoms with Crippen LogP contribution in [-0.4, -0.2) is 37.2 Å². The van der Waals surface area contributed by atoms with Gasteiger partial charge in [-0.2, -0.15) is 0 Å². The molecule has 6 heteroatoms. The number of hydrogen-bond acceptors (Lipinski definition) is 6. The molecule has 0 saturated heterocycles. The van der Waals surface area contributed by atoms with E-state index in [4.69, 9.17) is 14.2 Å². The zero-order chi connectivity index (χ0) is 42.3. The van der Waals surface area contributed by atoms with E-state index in [-0.39, 0.29) is 31.1 Å². The first kappa shape index (κ1) is 55.9. The fraction of sp³-hybridized carbons (Fsp3) is 0.865. The molecule has 6 nitrogen and oxygen atoms in total. The number of unbranched alkanes of at least 4 members (excludes halogenated alkanes) is 32. The van der Waals surface area contributed by atoms with Gasteiger partial charge in [-0.25, -0.2) is 0 Å².